The van der Waals surface area contributed by atoms with E-state index in [2.05, 4.69) is 24.1 Å². The summed E-state index contributed by atoms with van der Waals surface area (Å²) in [6.07, 6.45) is 4.14. The van der Waals surface area contributed by atoms with E-state index in [-0.39, 0.29) is 17.9 Å². The van der Waals surface area contributed by atoms with E-state index < -0.39 is 0 Å². The number of halogens is 2. The zero-order valence-corrected chi connectivity index (χ0v) is 15.5. The predicted octanol–water partition coefficient (Wildman–Crippen LogP) is 4.51. The van der Waals surface area contributed by atoms with Crippen molar-refractivity contribution in [2.75, 3.05) is 13.1 Å². The van der Waals surface area contributed by atoms with Gasteiger partial charge in [0.2, 0.25) is 5.91 Å². The lowest BCUT2D eigenvalue weighted by molar-refractivity contribution is -0.127. The van der Waals surface area contributed by atoms with Crippen molar-refractivity contribution in [3.63, 3.8) is 0 Å². The Morgan fingerprint density at radius 3 is 2.91 bits per heavy atom. The minimum absolute atomic E-state index is 0.0779. The molecule has 5 heteroatoms. The zero-order chi connectivity index (χ0) is 16.8. The third-order valence-corrected chi connectivity index (χ3v) is 4.98. The molecule has 1 heterocycles. The predicted molar refractivity (Wildman–Crippen MR) is 97.0 cm³/mol. The molecule has 3 nitrogen and oxygen atoms in total. The summed E-state index contributed by atoms with van der Waals surface area (Å²) in [6, 6.07) is 5.87. The van der Waals surface area contributed by atoms with Crippen molar-refractivity contribution in [1.82, 2.24) is 10.2 Å². The van der Waals surface area contributed by atoms with Gasteiger partial charge in [-0.25, -0.2) is 0 Å². The van der Waals surface area contributed by atoms with E-state index in [1.807, 2.05) is 12.1 Å². The highest BCUT2D eigenvalue weighted by atomic mass is 35.5. The van der Waals surface area contributed by atoms with Crippen LogP contribution < -0.4 is 5.32 Å². The van der Waals surface area contributed by atoms with Crippen LogP contribution in [0.15, 0.2) is 18.2 Å². The second kappa shape index (κ2) is 8.91. The van der Waals surface area contributed by atoms with Crippen LogP contribution in [-0.4, -0.2) is 29.9 Å². The molecule has 1 aliphatic heterocycles. The first-order valence-electron chi connectivity index (χ1n) is 8.46. The van der Waals surface area contributed by atoms with Crippen LogP contribution in [0.5, 0.6) is 0 Å². The Hall–Kier alpha value is -0.770. The first-order valence-corrected chi connectivity index (χ1v) is 9.21. The molecule has 1 saturated heterocycles. The minimum Gasteiger partial charge on any atom is -0.353 e. The highest BCUT2D eigenvalue weighted by Gasteiger charge is 2.26. The lowest BCUT2D eigenvalue weighted by Gasteiger charge is -2.32. The number of amides is 1. The van der Waals surface area contributed by atoms with Crippen molar-refractivity contribution < 1.29 is 4.79 Å². The van der Waals surface area contributed by atoms with Gasteiger partial charge in [0.1, 0.15) is 0 Å². The normalized spacial score (nSPS) is 20.3. The maximum absolute atomic E-state index is 12.4. The molecule has 1 N–H and O–H groups in total. The Balaban J connectivity index is 1.91. The number of nitrogens with zero attached hydrogens (tertiary/aromatic N) is 1. The van der Waals surface area contributed by atoms with E-state index in [0.717, 1.165) is 50.9 Å². The van der Waals surface area contributed by atoms with Crippen LogP contribution in [0, 0.1) is 5.92 Å². The molecule has 0 spiro atoms. The van der Waals surface area contributed by atoms with Crippen molar-refractivity contribution >= 4 is 29.1 Å². The molecule has 2 atom stereocenters. The number of nitrogens with one attached hydrogen (secondary N) is 1. The van der Waals surface area contributed by atoms with Gasteiger partial charge in [-0.2, -0.15) is 0 Å². The topological polar surface area (TPSA) is 32.3 Å². The van der Waals surface area contributed by atoms with Crippen LogP contribution in [0.3, 0.4) is 0 Å². The van der Waals surface area contributed by atoms with Crippen LogP contribution in [0.4, 0.5) is 0 Å². The van der Waals surface area contributed by atoms with Gasteiger partial charge in [0.15, 0.2) is 0 Å². The second-order valence-corrected chi connectivity index (χ2v) is 7.35. The van der Waals surface area contributed by atoms with Crippen molar-refractivity contribution in [2.24, 2.45) is 5.92 Å². The van der Waals surface area contributed by atoms with Gasteiger partial charge in [-0.1, -0.05) is 42.6 Å². The number of piperidine rings is 1. The Kier molecular flexibility index (Phi) is 7.19. The van der Waals surface area contributed by atoms with Crippen LogP contribution in [0.2, 0.25) is 10.0 Å². The number of carbonyl (C=O) groups excluding carboxylic acids is 1. The Morgan fingerprint density at radius 1 is 1.43 bits per heavy atom. The summed E-state index contributed by atoms with van der Waals surface area (Å²) in [7, 11) is 0. The summed E-state index contributed by atoms with van der Waals surface area (Å²) in [6.45, 7) is 6.79. The monoisotopic (exact) mass is 356 g/mol. The van der Waals surface area contributed by atoms with E-state index in [9.17, 15) is 4.79 Å². The smallest absolute Gasteiger partial charge is 0.224 e. The van der Waals surface area contributed by atoms with Gasteiger partial charge in [0, 0.05) is 29.2 Å². The summed E-state index contributed by atoms with van der Waals surface area (Å²) in [5.74, 6) is 0.270. The Labute approximate surface area is 149 Å². The SMILES string of the molecule is CCCC(C)NC(=O)C1CCCN(Cc2ccc(Cl)cc2Cl)C1. The Bertz CT molecular complexity index is 536. The van der Waals surface area contributed by atoms with Gasteiger partial charge < -0.3 is 5.32 Å². The molecule has 23 heavy (non-hydrogen) atoms. The highest BCUT2D eigenvalue weighted by Crippen LogP contribution is 2.25. The number of likely N-dealkylation sites (tertiary alicyclic amines) is 1. The van der Waals surface area contributed by atoms with Crippen LogP contribution in [0.1, 0.15) is 45.1 Å². The van der Waals surface area contributed by atoms with E-state index in [0.29, 0.717) is 10.0 Å². The highest BCUT2D eigenvalue weighted by molar-refractivity contribution is 6.35. The molecule has 128 valence electrons. The van der Waals surface area contributed by atoms with Crippen LogP contribution >= 0.6 is 23.2 Å². The summed E-state index contributed by atoms with van der Waals surface area (Å²) in [5, 5.41) is 4.49. The molecule has 0 bridgehead atoms. The van der Waals surface area contributed by atoms with E-state index in [4.69, 9.17) is 23.2 Å². The molecule has 1 aromatic carbocycles. The largest absolute Gasteiger partial charge is 0.353 e. The van der Waals surface area contributed by atoms with Gasteiger partial charge in [-0.15, -0.1) is 0 Å². The summed E-state index contributed by atoms with van der Waals surface area (Å²) >= 11 is 12.2. The molecule has 2 rings (SSSR count). The molecule has 1 fully saturated rings. The van der Waals surface area contributed by atoms with Crippen molar-refractivity contribution in [3.8, 4) is 0 Å². The van der Waals surface area contributed by atoms with Crippen LogP contribution in [-0.2, 0) is 11.3 Å². The molecule has 0 radical (unpaired) electrons. The average Bonchev–Trinajstić information content (AvgIpc) is 2.50. The lowest BCUT2D eigenvalue weighted by atomic mass is 9.96. The number of benzene rings is 1. The van der Waals surface area contributed by atoms with Crippen LogP contribution in [0.25, 0.3) is 0 Å². The fourth-order valence-electron chi connectivity index (χ4n) is 3.17. The number of hydrogen-bond donors (Lipinski definition) is 1. The lowest BCUT2D eigenvalue weighted by Crippen LogP contribution is -2.45. The summed E-state index contributed by atoms with van der Waals surface area (Å²) in [5.41, 5.74) is 1.07. The van der Waals surface area contributed by atoms with E-state index in [1.54, 1.807) is 6.07 Å². The third-order valence-electron chi connectivity index (χ3n) is 4.40. The molecular weight excluding hydrogens is 331 g/mol. The molecule has 1 aromatic rings. The standard InChI is InChI=1S/C18H26Cl2N2O/c1-3-5-13(2)21-18(23)15-6-4-9-22(12-15)11-14-7-8-16(19)10-17(14)20/h7-8,10,13,15H,3-6,9,11-12H2,1-2H3,(H,21,23). The Morgan fingerprint density at radius 2 is 2.22 bits per heavy atom. The summed E-state index contributed by atoms with van der Waals surface area (Å²) < 4.78 is 0. The average molecular weight is 357 g/mol. The number of carbonyl (C=O) groups is 1. The molecule has 0 aromatic heterocycles. The zero-order valence-electron chi connectivity index (χ0n) is 13.9. The fraction of sp³-hybridized carbons (Fsp3) is 0.611. The third kappa shape index (κ3) is 5.66. The molecule has 1 amide bonds. The maximum atomic E-state index is 12.4. The van der Waals surface area contributed by atoms with Gasteiger partial charge in [-0.3, -0.25) is 9.69 Å². The first-order chi connectivity index (χ1) is 11.0. The quantitative estimate of drug-likeness (QED) is 0.812. The second-order valence-electron chi connectivity index (χ2n) is 6.51. The number of rotatable bonds is 6. The molecular formula is C18H26Cl2N2O. The fourth-order valence-corrected chi connectivity index (χ4v) is 3.64. The summed E-state index contributed by atoms with van der Waals surface area (Å²) in [4.78, 5) is 14.7. The van der Waals surface area contributed by atoms with Crippen molar-refractivity contribution in [2.45, 2.75) is 52.1 Å². The van der Waals surface area contributed by atoms with E-state index >= 15 is 0 Å². The molecule has 2 unspecified atom stereocenters. The van der Waals surface area contributed by atoms with Gasteiger partial charge in [0.05, 0.1) is 5.92 Å². The molecule has 0 aliphatic carbocycles. The first kappa shape index (κ1) is 18.6. The molecule has 1 aliphatic rings. The van der Waals surface area contributed by atoms with Gasteiger partial charge in [0.25, 0.3) is 0 Å². The van der Waals surface area contributed by atoms with Crippen molar-refractivity contribution in [1.29, 1.82) is 0 Å². The van der Waals surface area contributed by atoms with Gasteiger partial charge >= 0.3 is 0 Å². The van der Waals surface area contributed by atoms with E-state index in [1.165, 1.54) is 0 Å². The minimum atomic E-state index is 0.0779. The number of hydrogen-bond acceptors (Lipinski definition) is 2. The van der Waals surface area contributed by atoms with Crippen molar-refractivity contribution in [3.05, 3.63) is 33.8 Å². The maximum Gasteiger partial charge on any atom is 0.224 e. The molecule has 0 saturated carbocycles. The van der Waals surface area contributed by atoms with Gasteiger partial charge in [-0.05, 0) is 50.4 Å².